The van der Waals surface area contributed by atoms with Crippen LogP contribution in [0.5, 0.6) is 0 Å². The average Bonchev–Trinajstić information content (AvgIpc) is 2.91. The van der Waals surface area contributed by atoms with Crippen LogP contribution >= 0.6 is 11.8 Å². The lowest BCUT2D eigenvalue weighted by atomic mass is 10.1. The maximum atomic E-state index is 11.5. The normalized spacial score (nSPS) is 17.6. The van der Waals surface area contributed by atoms with Gasteiger partial charge in [-0.2, -0.15) is 11.8 Å². The molecule has 19 heavy (non-hydrogen) atoms. The van der Waals surface area contributed by atoms with E-state index in [0.29, 0.717) is 6.61 Å². The highest BCUT2D eigenvalue weighted by atomic mass is 32.2. The van der Waals surface area contributed by atoms with Crippen LogP contribution in [0, 0.1) is 5.92 Å². The number of thioether (sulfide) groups is 1. The quantitative estimate of drug-likeness (QED) is 0.494. The molecule has 1 aliphatic rings. The van der Waals surface area contributed by atoms with Gasteiger partial charge in [0.05, 0.1) is 6.61 Å². The van der Waals surface area contributed by atoms with Crippen molar-refractivity contribution in [3.63, 3.8) is 0 Å². The predicted molar refractivity (Wildman–Crippen MR) is 82.4 cm³/mol. The summed E-state index contributed by atoms with van der Waals surface area (Å²) in [5.74, 6) is 2.91. The van der Waals surface area contributed by atoms with Gasteiger partial charge in [0.2, 0.25) is 0 Å². The number of nitrogens with two attached hydrogens (primary N) is 1. The number of hydrogen-bond donors (Lipinski definition) is 1. The summed E-state index contributed by atoms with van der Waals surface area (Å²) in [5, 5.41) is 0. The van der Waals surface area contributed by atoms with Gasteiger partial charge in [0.25, 0.3) is 0 Å². The number of hydrogen-bond acceptors (Lipinski definition) is 4. The van der Waals surface area contributed by atoms with E-state index in [-0.39, 0.29) is 5.97 Å². The lowest BCUT2D eigenvalue weighted by Crippen LogP contribution is -2.33. The molecule has 4 heteroatoms. The van der Waals surface area contributed by atoms with E-state index in [1.165, 1.54) is 37.9 Å². The van der Waals surface area contributed by atoms with Gasteiger partial charge in [-0.25, -0.2) is 0 Å². The van der Waals surface area contributed by atoms with Gasteiger partial charge >= 0.3 is 5.97 Å². The molecule has 1 saturated carbocycles. The Labute approximate surface area is 122 Å². The van der Waals surface area contributed by atoms with E-state index >= 15 is 0 Å². The molecule has 0 amide bonds. The standard InChI is InChI=1S/C15H29NO2S/c1-2-3-10-18-15(17)14(16)9-12-19-11-8-13-6-4-5-7-13/h13-14H,2-12,16H2,1H3. The van der Waals surface area contributed by atoms with Crippen molar-refractivity contribution in [1.29, 1.82) is 0 Å². The first-order valence-electron chi connectivity index (χ1n) is 7.74. The van der Waals surface area contributed by atoms with Gasteiger partial charge < -0.3 is 10.5 Å². The van der Waals surface area contributed by atoms with E-state index in [1.807, 2.05) is 11.8 Å². The Bertz CT molecular complexity index is 242. The average molecular weight is 287 g/mol. The number of unbranched alkanes of at least 4 members (excludes halogenated alkanes) is 1. The Morgan fingerprint density at radius 2 is 2.11 bits per heavy atom. The van der Waals surface area contributed by atoms with Gasteiger partial charge in [-0.15, -0.1) is 0 Å². The highest BCUT2D eigenvalue weighted by molar-refractivity contribution is 7.99. The van der Waals surface area contributed by atoms with Gasteiger partial charge in [-0.3, -0.25) is 4.79 Å². The topological polar surface area (TPSA) is 52.3 Å². The van der Waals surface area contributed by atoms with Crippen LogP contribution in [0.1, 0.15) is 58.3 Å². The molecule has 0 aromatic carbocycles. The van der Waals surface area contributed by atoms with Crippen molar-refractivity contribution >= 4 is 17.7 Å². The zero-order chi connectivity index (χ0) is 13.9. The van der Waals surface area contributed by atoms with Crippen LogP contribution in [0.25, 0.3) is 0 Å². The van der Waals surface area contributed by atoms with Gasteiger partial charge in [0, 0.05) is 0 Å². The van der Waals surface area contributed by atoms with Crippen molar-refractivity contribution in [2.24, 2.45) is 11.7 Å². The summed E-state index contributed by atoms with van der Waals surface area (Å²) in [4.78, 5) is 11.5. The summed E-state index contributed by atoms with van der Waals surface area (Å²) < 4.78 is 5.11. The van der Waals surface area contributed by atoms with Crippen LogP contribution in [0.3, 0.4) is 0 Å². The van der Waals surface area contributed by atoms with Crippen LogP contribution < -0.4 is 5.73 Å². The summed E-state index contributed by atoms with van der Waals surface area (Å²) in [6.07, 6.45) is 9.72. The number of carbonyl (C=O) groups excluding carboxylic acids is 1. The molecule has 1 atom stereocenters. The van der Waals surface area contributed by atoms with Crippen LogP contribution in [-0.2, 0) is 9.53 Å². The minimum atomic E-state index is -0.434. The Morgan fingerprint density at radius 3 is 2.79 bits per heavy atom. The Morgan fingerprint density at radius 1 is 1.37 bits per heavy atom. The number of esters is 1. The second kappa shape index (κ2) is 10.6. The van der Waals surface area contributed by atoms with Gasteiger partial charge in [0.15, 0.2) is 0 Å². The molecule has 0 heterocycles. The van der Waals surface area contributed by atoms with Crippen molar-refractivity contribution in [3.05, 3.63) is 0 Å². The third kappa shape index (κ3) is 7.83. The van der Waals surface area contributed by atoms with E-state index in [0.717, 1.165) is 30.9 Å². The van der Waals surface area contributed by atoms with Crippen molar-refractivity contribution in [1.82, 2.24) is 0 Å². The molecular weight excluding hydrogens is 258 g/mol. The minimum Gasteiger partial charge on any atom is -0.465 e. The monoisotopic (exact) mass is 287 g/mol. The first-order chi connectivity index (χ1) is 9.24. The fraction of sp³-hybridized carbons (Fsp3) is 0.933. The summed E-state index contributed by atoms with van der Waals surface area (Å²) in [6, 6.07) is -0.434. The van der Waals surface area contributed by atoms with Crippen LogP contribution in [0.4, 0.5) is 0 Å². The number of carbonyl (C=O) groups is 1. The molecule has 1 aliphatic carbocycles. The highest BCUT2D eigenvalue weighted by Crippen LogP contribution is 2.28. The second-order valence-electron chi connectivity index (χ2n) is 5.47. The predicted octanol–water partition coefficient (Wildman–Crippen LogP) is 3.36. The Hall–Kier alpha value is -0.220. The van der Waals surface area contributed by atoms with E-state index in [2.05, 4.69) is 6.92 Å². The van der Waals surface area contributed by atoms with Crippen LogP contribution in [0.15, 0.2) is 0 Å². The van der Waals surface area contributed by atoms with Crippen molar-refractivity contribution in [2.45, 2.75) is 64.3 Å². The zero-order valence-electron chi connectivity index (χ0n) is 12.2. The molecule has 112 valence electrons. The molecular formula is C15H29NO2S. The van der Waals surface area contributed by atoms with E-state index in [9.17, 15) is 4.79 Å². The fourth-order valence-electron chi connectivity index (χ4n) is 2.40. The molecule has 1 rings (SSSR count). The summed E-state index contributed by atoms with van der Waals surface area (Å²) in [5.41, 5.74) is 5.82. The maximum absolute atomic E-state index is 11.5. The van der Waals surface area contributed by atoms with Crippen molar-refractivity contribution < 1.29 is 9.53 Å². The Balaban J connectivity index is 1.93. The fourth-order valence-corrected chi connectivity index (χ4v) is 3.53. The summed E-state index contributed by atoms with van der Waals surface area (Å²) in [7, 11) is 0. The van der Waals surface area contributed by atoms with Gasteiger partial charge in [0.1, 0.15) is 6.04 Å². The molecule has 0 bridgehead atoms. The molecule has 0 spiro atoms. The highest BCUT2D eigenvalue weighted by Gasteiger charge is 2.16. The molecule has 0 aromatic heterocycles. The van der Waals surface area contributed by atoms with Gasteiger partial charge in [-0.1, -0.05) is 39.0 Å². The van der Waals surface area contributed by atoms with Crippen LogP contribution in [0.2, 0.25) is 0 Å². The maximum Gasteiger partial charge on any atom is 0.322 e. The third-order valence-corrected chi connectivity index (χ3v) is 4.81. The molecule has 0 aromatic rings. The smallest absolute Gasteiger partial charge is 0.322 e. The van der Waals surface area contributed by atoms with Crippen LogP contribution in [-0.4, -0.2) is 30.1 Å². The largest absolute Gasteiger partial charge is 0.465 e. The molecule has 0 aliphatic heterocycles. The molecule has 3 nitrogen and oxygen atoms in total. The van der Waals surface area contributed by atoms with E-state index in [1.54, 1.807) is 0 Å². The SMILES string of the molecule is CCCCOC(=O)C(N)CCSCCC1CCCC1. The first-order valence-corrected chi connectivity index (χ1v) is 8.89. The molecule has 0 saturated heterocycles. The third-order valence-electron chi connectivity index (χ3n) is 3.76. The lowest BCUT2D eigenvalue weighted by Gasteiger charge is -2.12. The molecule has 1 fully saturated rings. The van der Waals surface area contributed by atoms with Crippen molar-refractivity contribution in [3.8, 4) is 0 Å². The van der Waals surface area contributed by atoms with Crippen molar-refractivity contribution in [2.75, 3.05) is 18.1 Å². The first kappa shape index (κ1) is 16.8. The van der Waals surface area contributed by atoms with E-state index < -0.39 is 6.04 Å². The minimum absolute atomic E-state index is 0.232. The summed E-state index contributed by atoms with van der Waals surface area (Å²) in [6.45, 7) is 2.59. The number of rotatable bonds is 10. The lowest BCUT2D eigenvalue weighted by molar-refractivity contribution is -0.145. The molecule has 2 N–H and O–H groups in total. The van der Waals surface area contributed by atoms with Gasteiger partial charge in [-0.05, 0) is 36.7 Å². The molecule has 0 radical (unpaired) electrons. The van der Waals surface area contributed by atoms with E-state index in [4.69, 9.17) is 10.5 Å². The number of ether oxygens (including phenoxy) is 1. The Kier molecular flexibility index (Phi) is 9.35. The second-order valence-corrected chi connectivity index (χ2v) is 6.69. The summed E-state index contributed by atoms with van der Waals surface area (Å²) >= 11 is 1.93. The molecule has 1 unspecified atom stereocenters. The zero-order valence-corrected chi connectivity index (χ0v) is 13.1.